The van der Waals surface area contributed by atoms with Crippen molar-refractivity contribution in [3.63, 3.8) is 0 Å². The quantitative estimate of drug-likeness (QED) is 0.851. The standard InChI is InChI=1S/C14H9Cl2NO2/c15-11-5-12(16)7-13(6-11)17-8-9-1-3-10(4-2-9)14(18)19/h1-8H,(H,18,19). The fourth-order valence-electron chi connectivity index (χ4n) is 1.47. The lowest BCUT2D eigenvalue weighted by atomic mass is 10.1. The zero-order valence-electron chi connectivity index (χ0n) is 9.68. The van der Waals surface area contributed by atoms with Gasteiger partial charge in [-0.25, -0.2) is 4.79 Å². The molecule has 0 bridgehead atoms. The molecule has 0 aliphatic heterocycles. The molecule has 3 nitrogen and oxygen atoms in total. The lowest BCUT2D eigenvalue weighted by Gasteiger charge is -1.98. The lowest BCUT2D eigenvalue weighted by Crippen LogP contribution is -1.95. The van der Waals surface area contributed by atoms with Crippen LogP contribution in [-0.4, -0.2) is 17.3 Å². The molecule has 0 unspecified atom stereocenters. The van der Waals surface area contributed by atoms with E-state index in [1.54, 1.807) is 36.5 Å². The maximum atomic E-state index is 10.7. The molecule has 2 aromatic rings. The molecule has 19 heavy (non-hydrogen) atoms. The molecule has 0 aromatic heterocycles. The Morgan fingerprint density at radius 2 is 1.63 bits per heavy atom. The van der Waals surface area contributed by atoms with Gasteiger partial charge in [-0.05, 0) is 35.9 Å². The molecule has 0 heterocycles. The molecule has 0 amide bonds. The van der Waals surface area contributed by atoms with E-state index < -0.39 is 5.97 Å². The van der Waals surface area contributed by atoms with E-state index in [1.807, 2.05) is 0 Å². The number of hydrogen-bond donors (Lipinski definition) is 1. The minimum atomic E-state index is -0.954. The number of nitrogens with zero attached hydrogens (tertiary/aromatic N) is 1. The van der Waals surface area contributed by atoms with Gasteiger partial charge in [-0.2, -0.15) is 0 Å². The minimum absolute atomic E-state index is 0.239. The summed E-state index contributed by atoms with van der Waals surface area (Å²) in [5.74, 6) is -0.954. The van der Waals surface area contributed by atoms with Gasteiger partial charge in [0.1, 0.15) is 0 Å². The van der Waals surface area contributed by atoms with Crippen LogP contribution in [0, 0.1) is 0 Å². The van der Waals surface area contributed by atoms with Crippen molar-refractivity contribution >= 4 is 41.1 Å². The molecule has 0 saturated heterocycles. The van der Waals surface area contributed by atoms with Gasteiger partial charge in [-0.15, -0.1) is 0 Å². The van der Waals surface area contributed by atoms with Crippen LogP contribution in [0.2, 0.25) is 10.0 Å². The van der Waals surface area contributed by atoms with Crippen molar-refractivity contribution in [1.82, 2.24) is 0 Å². The van der Waals surface area contributed by atoms with E-state index in [1.165, 1.54) is 12.1 Å². The number of aliphatic imine (C=N–C) groups is 1. The Bertz CT molecular complexity index is 616. The van der Waals surface area contributed by atoms with Crippen molar-refractivity contribution in [2.75, 3.05) is 0 Å². The van der Waals surface area contributed by atoms with Crippen LogP contribution in [0.25, 0.3) is 0 Å². The number of hydrogen-bond acceptors (Lipinski definition) is 2. The normalized spacial score (nSPS) is 10.8. The maximum Gasteiger partial charge on any atom is 0.335 e. The SMILES string of the molecule is O=C(O)c1ccc(C=Nc2cc(Cl)cc(Cl)c2)cc1. The van der Waals surface area contributed by atoms with Crippen molar-refractivity contribution in [3.05, 3.63) is 63.6 Å². The Balaban J connectivity index is 2.20. The molecule has 96 valence electrons. The Hall–Kier alpha value is -1.84. The first-order valence-corrected chi connectivity index (χ1v) is 6.14. The van der Waals surface area contributed by atoms with Crippen molar-refractivity contribution in [2.45, 2.75) is 0 Å². The third-order valence-electron chi connectivity index (χ3n) is 2.37. The molecular formula is C14H9Cl2NO2. The average molecular weight is 294 g/mol. The molecule has 0 radical (unpaired) electrons. The summed E-state index contributed by atoms with van der Waals surface area (Å²) in [6.45, 7) is 0. The third kappa shape index (κ3) is 3.81. The van der Waals surface area contributed by atoms with Crippen LogP contribution in [0.5, 0.6) is 0 Å². The summed E-state index contributed by atoms with van der Waals surface area (Å²) in [5.41, 5.74) is 1.67. The van der Waals surface area contributed by atoms with Gasteiger partial charge in [0.15, 0.2) is 0 Å². The monoisotopic (exact) mass is 293 g/mol. The van der Waals surface area contributed by atoms with Crippen molar-refractivity contribution < 1.29 is 9.90 Å². The number of benzene rings is 2. The van der Waals surface area contributed by atoms with E-state index in [9.17, 15) is 4.79 Å². The number of rotatable bonds is 3. The van der Waals surface area contributed by atoms with E-state index in [-0.39, 0.29) is 5.56 Å². The lowest BCUT2D eigenvalue weighted by molar-refractivity contribution is 0.0697. The molecule has 0 atom stereocenters. The van der Waals surface area contributed by atoms with Gasteiger partial charge in [0.25, 0.3) is 0 Å². The molecule has 0 aliphatic rings. The number of carbonyl (C=O) groups is 1. The fourth-order valence-corrected chi connectivity index (χ4v) is 1.99. The zero-order chi connectivity index (χ0) is 13.8. The molecule has 0 aliphatic carbocycles. The second-order valence-electron chi connectivity index (χ2n) is 3.81. The summed E-state index contributed by atoms with van der Waals surface area (Å²) in [6.07, 6.45) is 1.62. The number of halogens is 2. The minimum Gasteiger partial charge on any atom is -0.478 e. The highest BCUT2D eigenvalue weighted by Crippen LogP contribution is 2.24. The summed E-state index contributed by atoms with van der Waals surface area (Å²) in [4.78, 5) is 14.9. The van der Waals surface area contributed by atoms with E-state index >= 15 is 0 Å². The molecule has 0 spiro atoms. The molecule has 0 fully saturated rings. The summed E-state index contributed by atoms with van der Waals surface area (Å²) in [5, 5.41) is 9.81. The number of aromatic carboxylic acids is 1. The van der Waals surface area contributed by atoms with Crippen LogP contribution in [0.1, 0.15) is 15.9 Å². The van der Waals surface area contributed by atoms with E-state index in [0.29, 0.717) is 15.7 Å². The van der Waals surface area contributed by atoms with Crippen LogP contribution >= 0.6 is 23.2 Å². The molecule has 2 aromatic carbocycles. The van der Waals surface area contributed by atoms with E-state index in [0.717, 1.165) is 5.56 Å². The summed E-state index contributed by atoms with van der Waals surface area (Å²) < 4.78 is 0. The first kappa shape index (κ1) is 13.6. The van der Waals surface area contributed by atoms with Gasteiger partial charge in [0.05, 0.1) is 11.3 Å². The van der Waals surface area contributed by atoms with Gasteiger partial charge in [0, 0.05) is 16.3 Å². The van der Waals surface area contributed by atoms with E-state index in [2.05, 4.69) is 4.99 Å². The number of carboxylic acid groups (broad SMARTS) is 1. The predicted octanol–water partition coefficient (Wildman–Crippen LogP) is 4.44. The molecule has 1 N–H and O–H groups in total. The van der Waals surface area contributed by atoms with Crippen LogP contribution in [0.3, 0.4) is 0 Å². The van der Waals surface area contributed by atoms with Crippen molar-refractivity contribution in [2.24, 2.45) is 4.99 Å². The zero-order valence-corrected chi connectivity index (χ0v) is 11.2. The highest BCUT2D eigenvalue weighted by Gasteiger charge is 2.00. The average Bonchev–Trinajstić information content (AvgIpc) is 2.36. The van der Waals surface area contributed by atoms with Gasteiger partial charge < -0.3 is 5.11 Å². The third-order valence-corrected chi connectivity index (χ3v) is 2.80. The van der Waals surface area contributed by atoms with Crippen LogP contribution < -0.4 is 0 Å². The van der Waals surface area contributed by atoms with Crippen LogP contribution in [0.15, 0.2) is 47.5 Å². The Labute approximate surface area is 120 Å². The van der Waals surface area contributed by atoms with Gasteiger partial charge in [-0.3, -0.25) is 4.99 Å². The van der Waals surface area contributed by atoms with Crippen LogP contribution in [0.4, 0.5) is 5.69 Å². The molecular weight excluding hydrogens is 285 g/mol. The van der Waals surface area contributed by atoms with Crippen molar-refractivity contribution in [1.29, 1.82) is 0 Å². The fraction of sp³-hybridized carbons (Fsp3) is 0. The first-order valence-electron chi connectivity index (χ1n) is 5.38. The Kier molecular flexibility index (Phi) is 4.20. The molecule has 5 heteroatoms. The van der Waals surface area contributed by atoms with Crippen LogP contribution in [-0.2, 0) is 0 Å². The second kappa shape index (κ2) is 5.87. The Morgan fingerprint density at radius 1 is 1.05 bits per heavy atom. The smallest absolute Gasteiger partial charge is 0.335 e. The first-order chi connectivity index (χ1) is 9.04. The van der Waals surface area contributed by atoms with Gasteiger partial charge in [0.2, 0.25) is 0 Å². The summed E-state index contributed by atoms with van der Waals surface area (Å²) >= 11 is 11.7. The summed E-state index contributed by atoms with van der Waals surface area (Å²) in [6, 6.07) is 11.4. The number of carboxylic acids is 1. The van der Waals surface area contributed by atoms with Gasteiger partial charge >= 0.3 is 5.97 Å². The molecule has 2 rings (SSSR count). The van der Waals surface area contributed by atoms with Gasteiger partial charge in [-0.1, -0.05) is 35.3 Å². The highest BCUT2D eigenvalue weighted by molar-refractivity contribution is 6.35. The topological polar surface area (TPSA) is 49.7 Å². The second-order valence-corrected chi connectivity index (χ2v) is 4.69. The summed E-state index contributed by atoms with van der Waals surface area (Å²) in [7, 11) is 0. The highest BCUT2D eigenvalue weighted by atomic mass is 35.5. The predicted molar refractivity (Wildman–Crippen MR) is 77.1 cm³/mol. The van der Waals surface area contributed by atoms with Crippen molar-refractivity contribution in [3.8, 4) is 0 Å². The largest absolute Gasteiger partial charge is 0.478 e. The molecule has 0 saturated carbocycles. The maximum absolute atomic E-state index is 10.7. The Morgan fingerprint density at radius 3 is 2.16 bits per heavy atom. The van der Waals surface area contributed by atoms with E-state index in [4.69, 9.17) is 28.3 Å².